The number of rotatable bonds is 7. The van der Waals surface area contributed by atoms with Crippen LogP contribution >= 0.6 is 11.3 Å². The zero-order valence-corrected chi connectivity index (χ0v) is 12.9. The largest absolute Gasteiger partial charge is 0.477 e. The Morgan fingerprint density at radius 2 is 2.05 bits per heavy atom. The molecule has 0 saturated heterocycles. The third kappa shape index (κ3) is 3.77. The minimum Gasteiger partial charge on any atom is -0.477 e. The molecular formula is C12H19NO4S2. The molecule has 0 aromatic carbocycles. The quantitative estimate of drug-likeness (QED) is 0.840. The number of hydrogen-bond donors (Lipinski definition) is 1. The molecule has 1 rings (SSSR count). The van der Waals surface area contributed by atoms with Crippen LogP contribution in [0.2, 0.25) is 0 Å². The zero-order valence-electron chi connectivity index (χ0n) is 11.3. The lowest BCUT2D eigenvalue weighted by molar-refractivity contribution is 0.0702. The fourth-order valence-corrected chi connectivity index (χ4v) is 4.44. The van der Waals surface area contributed by atoms with Gasteiger partial charge in [-0.15, -0.1) is 11.3 Å². The van der Waals surface area contributed by atoms with Gasteiger partial charge in [0.1, 0.15) is 9.09 Å². The summed E-state index contributed by atoms with van der Waals surface area (Å²) in [6.07, 6.45) is 0.900. The third-order valence-electron chi connectivity index (χ3n) is 2.95. The molecule has 0 saturated carbocycles. The van der Waals surface area contributed by atoms with E-state index in [1.807, 2.05) is 13.8 Å². The van der Waals surface area contributed by atoms with Crippen molar-refractivity contribution < 1.29 is 18.3 Å². The smallest absolute Gasteiger partial charge is 0.345 e. The van der Waals surface area contributed by atoms with E-state index >= 15 is 0 Å². The molecule has 0 aliphatic heterocycles. The molecule has 1 atom stereocenters. The number of carbonyl (C=O) groups is 1. The first-order valence-electron chi connectivity index (χ1n) is 6.16. The normalized spacial score (nSPS) is 13.7. The Morgan fingerprint density at radius 3 is 2.47 bits per heavy atom. The molecule has 19 heavy (non-hydrogen) atoms. The van der Waals surface area contributed by atoms with E-state index in [0.717, 1.165) is 17.8 Å². The summed E-state index contributed by atoms with van der Waals surface area (Å²) in [5, 5.41) is 8.85. The van der Waals surface area contributed by atoms with Crippen molar-refractivity contribution in [3.8, 4) is 0 Å². The molecule has 0 amide bonds. The molecule has 108 valence electrons. The van der Waals surface area contributed by atoms with Gasteiger partial charge in [0, 0.05) is 13.1 Å². The lowest BCUT2D eigenvalue weighted by Gasteiger charge is -2.22. The Hall–Kier alpha value is -0.920. The third-order valence-corrected chi connectivity index (χ3v) is 6.43. The average molecular weight is 305 g/mol. The highest BCUT2D eigenvalue weighted by atomic mass is 32.2. The monoisotopic (exact) mass is 305 g/mol. The maximum absolute atomic E-state index is 12.4. The van der Waals surface area contributed by atoms with Gasteiger partial charge >= 0.3 is 5.97 Å². The van der Waals surface area contributed by atoms with Gasteiger partial charge in [0.15, 0.2) is 0 Å². The van der Waals surface area contributed by atoms with E-state index in [2.05, 4.69) is 0 Å². The Kier molecular flexibility index (Phi) is 5.51. The fourth-order valence-electron chi connectivity index (χ4n) is 1.57. The van der Waals surface area contributed by atoms with E-state index in [1.165, 1.54) is 16.4 Å². The van der Waals surface area contributed by atoms with Crippen LogP contribution in [0.5, 0.6) is 0 Å². The van der Waals surface area contributed by atoms with Crippen molar-refractivity contribution in [1.82, 2.24) is 4.31 Å². The van der Waals surface area contributed by atoms with Crippen LogP contribution in [0.4, 0.5) is 0 Å². The van der Waals surface area contributed by atoms with Crippen molar-refractivity contribution in [2.45, 2.75) is 31.4 Å². The highest BCUT2D eigenvalue weighted by Crippen LogP contribution is 2.25. The van der Waals surface area contributed by atoms with Crippen LogP contribution in [0.15, 0.2) is 16.3 Å². The topological polar surface area (TPSA) is 74.7 Å². The van der Waals surface area contributed by atoms with Crippen molar-refractivity contribution in [2.75, 3.05) is 13.1 Å². The van der Waals surface area contributed by atoms with Crippen LogP contribution in [-0.2, 0) is 10.0 Å². The number of carboxylic acid groups (broad SMARTS) is 1. The Bertz CT molecular complexity index is 536. The highest BCUT2D eigenvalue weighted by molar-refractivity contribution is 7.91. The molecule has 1 heterocycles. The van der Waals surface area contributed by atoms with E-state index in [1.54, 1.807) is 6.92 Å². The molecule has 0 aliphatic carbocycles. The summed E-state index contributed by atoms with van der Waals surface area (Å²) < 4.78 is 26.3. The first kappa shape index (κ1) is 16.1. The second-order valence-corrected chi connectivity index (χ2v) is 7.64. The molecule has 0 fully saturated rings. The van der Waals surface area contributed by atoms with Crippen LogP contribution in [0.25, 0.3) is 0 Å². The van der Waals surface area contributed by atoms with Crippen molar-refractivity contribution in [3.05, 3.63) is 17.0 Å². The summed E-state index contributed by atoms with van der Waals surface area (Å²) in [7, 11) is -3.58. The minimum atomic E-state index is -3.58. The lowest BCUT2D eigenvalue weighted by atomic mass is 10.1. The molecule has 1 N–H and O–H groups in total. The van der Waals surface area contributed by atoms with Gasteiger partial charge in [-0.05, 0) is 18.1 Å². The number of thiophene rings is 1. The fraction of sp³-hybridized carbons (Fsp3) is 0.583. The lowest BCUT2D eigenvalue weighted by Crippen LogP contribution is -2.34. The van der Waals surface area contributed by atoms with Crippen molar-refractivity contribution in [2.24, 2.45) is 5.92 Å². The summed E-state index contributed by atoms with van der Waals surface area (Å²) in [5.74, 6) is -0.829. The molecule has 1 unspecified atom stereocenters. The second kappa shape index (κ2) is 6.49. The maximum atomic E-state index is 12.4. The van der Waals surface area contributed by atoms with E-state index in [9.17, 15) is 13.2 Å². The molecule has 5 nitrogen and oxygen atoms in total. The summed E-state index contributed by atoms with van der Waals surface area (Å²) in [4.78, 5) is 10.8. The van der Waals surface area contributed by atoms with Crippen molar-refractivity contribution in [1.29, 1.82) is 0 Å². The Balaban J connectivity index is 3.02. The molecule has 0 aliphatic rings. The van der Waals surface area contributed by atoms with E-state index < -0.39 is 16.0 Å². The first-order chi connectivity index (χ1) is 8.82. The van der Waals surface area contributed by atoms with Gasteiger partial charge in [-0.2, -0.15) is 4.31 Å². The number of sulfonamides is 1. The number of nitrogens with zero attached hydrogens (tertiary/aromatic N) is 1. The summed E-state index contributed by atoms with van der Waals surface area (Å²) in [6.45, 7) is 6.63. The first-order valence-corrected chi connectivity index (χ1v) is 8.41. The van der Waals surface area contributed by atoms with Gasteiger partial charge < -0.3 is 5.11 Å². The Labute approximate surface area is 117 Å². The van der Waals surface area contributed by atoms with E-state index in [-0.39, 0.29) is 15.0 Å². The summed E-state index contributed by atoms with van der Waals surface area (Å²) >= 11 is 0.797. The summed E-state index contributed by atoms with van der Waals surface area (Å²) in [6, 6.07) is 2.69. The van der Waals surface area contributed by atoms with E-state index in [4.69, 9.17) is 5.11 Å². The zero-order chi connectivity index (χ0) is 14.6. The second-order valence-electron chi connectivity index (χ2n) is 4.39. The standard InChI is InChI=1S/C12H19NO4S2/c1-4-9(3)8-13(5-2)19(16,17)11-7-6-10(18-11)12(14)15/h6-7,9H,4-5,8H2,1-3H3,(H,14,15). The molecule has 0 bridgehead atoms. The molecule has 0 radical (unpaired) electrons. The molecular weight excluding hydrogens is 286 g/mol. The van der Waals surface area contributed by atoms with Crippen LogP contribution < -0.4 is 0 Å². The van der Waals surface area contributed by atoms with Crippen LogP contribution in [-0.4, -0.2) is 36.9 Å². The number of aromatic carboxylic acids is 1. The van der Waals surface area contributed by atoms with Crippen molar-refractivity contribution >= 4 is 27.3 Å². The summed E-state index contributed by atoms with van der Waals surface area (Å²) in [5.41, 5.74) is 0. The highest BCUT2D eigenvalue weighted by Gasteiger charge is 2.26. The molecule has 1 aromatic rings. The van der Waals surface area contributed by atoms with Gasteiger partial charge in [-0.3, -0.25) is 0 Å². The van der Waals surface area contributed by atoms with Crippen molar-refractivity contribution in [3.63, 3.8) is 0 Å². The van der Waals surface area contributed by atoms with Gasteiger partial charge in [0.25, 0.3) is 10.0 Å². The maximum Gasteiger partial charge on any atom is 0.345 e. The van der Waals surface area contributed by atoms with Gasteiger partial charge in [-0.1, -0.05) is 27.2 Å². The van der Waals surface area contributed by atoms with Gasteiger partial charge in [0.05, 0.1) is 0 Å². The average Bonchev–Trinajstić information content (AvgIpc) is 2.85. The van der Waals surface area contributed by atoms with Crippen LogP contribution in [0, 0.1) is 5.92 Å². The predicted octanol–water partition coefficient (Wildman–Crippen LogP) is 2.50. The number of carboxylic acids is 1. The van der Waals surface area contributed by atoms with Crippen LogP contribution in [0.1, 0.15) is 36.9 Å². The van der Waals surface area contributed by atoms with Gasteiger partial charge in [-0.25, -0.2) is 13.2 Å². The van der Waals surface area contributed by atoms with E-state index in [0.29, 0.717) is 13.1 Å². The Morgan fingerprint density at radius 1 is 1.42 bits per heavy atom. The molecule has 7 heteroatoms. The minimum absolute atomic E-state index is 0.0400. The SMILES string of the molecule is CCC(C)CN(CC)S(=O)(=O)c1ccc(C(=O)O)s1. The number of hydrogen-bond acceptors (Lipinski definition) is 4. The van der Waals surface area contributed by atoms with Crippen LogP contribution in [0.3, 0.4) is 0 Å². The predicted molar refractivity (Wildman–Crippen MR) is 75.2 cm³/mol. The molecule has 0 spiro atoms. The van der Waals surface area contributed by atoms with Gasteiger partial charge in [0.2, 0.25) is 0 Å². The molecule has 1 aromatic heterocycles.